The van der Waals surface area contributed by atoms with Gasteiger partial charge in [-0.3, -0.25) is 4.79 Å². The molecule has 2 atom stereocenters. The number of hydrogen-bond donors (Lipinski definition) is 2. The number of rotatable bonds is 3. The largest absolute Gasteiger partial charge is 0.392 e. The van der Waals surface area contributed by atoms with Crippen LogP contribution in [0.1, 0.15) is 24.5 Å². The first-order valence-corrected chi connectivity index (χ1v) is 5.63. The Morgan fingerprint density at radius 1 is 1.56 bits per heavy atom. The Morgan fingerprint density at radius 3 is 2.81 bits per heavy atom. The van der Waals surface area contributed by atoms with Gasteiger partial charge in [0.2, 0.25) is 5.91 Å². The lowest BCUT2D eigenvalue weighted by molar-refractivity contribution is -0.117. The summed E-state index contributed by atoms with van der Waals surface area (Å²) in [7, 11) is 0. The Kier molecular flexibility index (Phi) is 2.97. The van der Waals surface area contributed by atoms with Crippen molar-refractivity contribution in [2.24, 2.45) is 11.8 Å². The summed E-state index contributed by atoms with van der Waals surface area (Å²) in [6.45, 7) is 4.04. The molecule has 1 aromatic rings. The second kappa shape index (κ2) is 4.26. The molecule has 3 heteroatoms. The van der Waals surface area contributed by atoms with Gasteiger partial charge in [0.05, 0.1) is 6.61 Å². The molecule has 0 radical (unpaired) electrons. The van der Waals surface area contributed by atoms with Gasteiger partial charge in [0.25, 0.3) is 0 Å². The van der Waals surface area contributed by atoms with Gasteiger partial charge in [-0.2, -0.15) is 0 Å². The number of aliphatic hydroxyl groups is 1. The number of benzene rings is 1. The number of aliphatic hydroxyl groups excluding tert-OH is 1. The van der Waals surface area contributed by atoms with Gasteiger partial charge in [-0.25, -0.2) is 0 Å². The summed E-state index contributed by atoms with van der Waals surface area (Å²) in [5, 5.41) is 12.0. The van der Waals surface area contributed by atoms with Gasteiger partial charge >= 0.3 is 0 Å². The van der Waals surface area contributed by atoms with E-state index in [0.29, 0.717) is 5.92 Å². The van der Waals surface area contributed by atoms with Crippen LogP contribution >= 0.6 is 0 Å². The van der Waals surface area contributed by atoms with Crippen LogP contribution in [0.25, 0.3) is 0 Å². The van der Waals surface area contributed by atoms with E-state index in [0.717, 1.165) is 23.2 Å². The summed E-state index contributed by atoms with van der Waals surface area (Å²) in [4.78, 5) is 11.8. The monoisotopic (exact) mass is 219 g/mol. The molecule has 0 aliphatic heterocycles. The molecule has 0 bridgehead atoms. The van der Waals surface area contributed by atoms with Crippen LogP contribution in [0.2, 0.25) is 0 Å². The third-order valence-electron chi connectivity index (χ3n) is 3.19. The van der Waals surface area contributed by atoms with Gasteiger partial charge in [0.1, 0.15) is 0 Å². The number of carbonyl (C=O) groups is 1. The smallest absolute Gasteiger partial charge is 0.227 e. The Balaban J connectivity index is 2.10. The minimum absolute atomic E-state index is 0.00296. The number of amides is 1. The first-order chi connectivity index (χ1) is 7.61. The van der Waals surface area contributed by atoms with Crippen molar-refractivity contribution in [1.82, 2.24) is 0 Å². The first-order valence-electron chi connectivity index (χ1n) is 5.63. The Labute approximate surface area is 95.5 Å². The van der Waals surface area contributed by atoms with Crippen molar-refractivity contribution in [3.05, 3.63) is 29.3 Å². The standard InChI is InChI=1S/C13H17NO2/c1-8-3-4-10(7-15)6-12(8)14-13(16)11-5-9(11)2/h3-4,6,9,11,15H,5,7H2,1-2H3,(H,14,16). The highest BCUT2D eigenvalue weighted by atomic mass is 16.3. The van der Waals surface area contributed by atoms with Crippen molar-refractivity contribution in [2.45, 2.75) is 26.9 Å². The SMILES string of the molecule is Cc1ccc(CO)cc1NC(=O)C1CC1C. The normalized spacial score (nSPS) is 22.9. The van der Waals surface area contributed by atoms with Crippen LogP contribution in [0.3, 0.4) is 0 Å². The molecule has 1 aliphatic carbocycles. The minimum Gasteiger partial charge on any atom is -0.392 e. The number of carbonyl (C=O) groups excluding carboxylic acids is 1. The molecule has 3 nitrogen and oxygen atoms in total. The summed E-state index contributed by atoms with van der Waals surface area (Å²) in [6, 6.07) is 5.61. The molecule has 0 spiro atoms. The predicted octanol–water partition coefficient (Wildman–Crippen LogP) is 2.08. The number of nitrogens with one attached hydrogen (secondary N) is 1. The molecule has 2 rings (SSSR count). The zero-order valence-electron chi connectivity index (χ0n) is 9.66. The fourth-order valence-electron chi connectivity index (χ4n) is 1.82. The van der Waals surface area contributed by atoms with Crippen LogP contribution < -0.4 is 5.32 Å². The van der Waals surface area contributed by atoms with Crippen LogP contribution in [0.15, 0.2) is 18.2 Å². The van der Waals surface area contributed by atoms with Crippen LogP contribution in [0, 0.1) is 18.8 Å². The zero-order valence-corrected chi connectivity index (χ0v) is 9.66. The van der Waals surface area contributed by atoms with Crippen molar-refractivity contribution in [1.29, 1.82) is 0 Å². The van der Waals surface area contributed by atoms with E-state index in [1.807, 2.05) is 25.1 Å². The predicted molar refractivity (Wildman–Crippen MR) is 63.0 cm³/mol. The summed E-state index contributed by atoms with van der Waals surface area (Å²) in [6.07, 6.45) is 0.991. The van der Waals surface area contributed by atoms with Crippen molar-refractivity contribution < 1.29 is 9.90 Å². The lowest BCUT2D eigenvalue weighted by Crippen LogP contribution is -2.15. The molecule has 2 N–H and O–H groups in total. The Morgan fingerprint density at radius 2 is 2.25 bits per heavy atom. The van der Waals surface area contributed by atoms with Crippen molar-refractivity contribution in [3.63, 3.8) is 0 Å². The lowest BCUT2D eigenvalue weighted by atomic mass is 10.1. The maximum Gasteiger partial charge on any atom is 0.227 e. The number of aryl methyl sites for hydroxylation is 1. The maximum absolute atomic E-state index is 11.8. The van der Waals surface area contributed by atoms with Gasteiger partial charge in [-0.1, -0.05) is 19.1 Å². The molecular formula is C13H17NO2. The molecule has 86 valence electrons. The van der Waals surface area contributed by atoms with Gasteiger partial charge in [0, 0.05) is 11.6 Å². The van der Waals surface area contributed by atoms with Gasteiger partial charge in [0.15, 0.2) is 0 Å². The molecule has 0 heterocycles. The van der Waals surface area contributed by atoms with Crippen molar-refractivity contribution >= 4 is 11.6 Å². The fourth-order valence-corrected chi connectivity index (χ4v) is 1.82. The van der Waals surface area contributed by atoms with Gasteiger partial charge in [-0.15, -0.1) is 0 Å². The first kappa shape index (κ1) is 11.1. The summed E-state index contributed by atoms with van der Waals surface area (Å²) >= 11 is 0. The number of anilines is 1. The van der Waals surface area contributed by atoms with E-state index in [1.54, 1.807) is 0 Å². The Bertz CT molecular complexity index is 414. The van der Waals surface area contributed by atoms with Gasteiger partial charge < -0.3 is 10.4 Å². The van der Waals surface area contributed by atoms with Crippen LogP contribution in [0.5, 0.6) is 0 Å². The van der Waals surface area contributed by atoms with Crippen LogP contribution in [-0.2, 0) is 11.4 Å². The molecule has 16 heavy (non-hydrogen) atoms. The van der Waals surface area contributed by atoms with E-state index >= 15 is 0 Å². The minimum atomic E-state index is 0.00296. The molecular weight excluding hydrogens is 202 g/mol. The summed E-state index contributed by atoms with van der Waals surface area (Å²) in [5.74, 6) is 0.796. The van der Waals surface area contributed by atoms with Crippen molar-refractivity contribution in [2.75, 3.05) is 5.32 Å². The second-order valence-corrected chi connectivity index (χ2v) is 4.62. The Hall–Kier alpha value is -1.35. The van der Waals surface area contributed by atoms with E-state index in [9.17, 15) is 4.79 Å². The number of hydrogen-bond acceptors (Lipinski definition) is 2. The van der Waals surface area contributed by atoms with Gasteiger partial charge in [-0.05, 0) is 36.5 Å². The average molecular weight is 219 g/mol. The highest BCUT2D eigenvalue weighted by molar-refractivity contribution is 5.95. The highest BCUT2D eigenvalue weighted by Gasteiger charge is 2.39. The molecule has 1 amide bonds. The fraction of sp³-hybridized carbons (Fsp3) is 0.462. The molecule has 1 aliphatic rings. The highest BCUT2D eigenvalue weighted by Crippen LogP contribution is 2.38. The van der Waals surface area contributed by atoms with E-state index < -0.39 is 0 Å². The van der Waals surface area contributed by atoms with Crippen LogP contribution in [0.4, 0.5) is 5.69 Å². The molecule has 1 fully saturated rings. The summed E-state index contributed by atoms with van der Waals surface area (Å²) < 4.78 is 0. The van der Waals surface area contributed by atoms with E-state index in [4.69, 9.17) is 5.11 Å². The molecule has 0 saturated heterocycles. The lowest BCUT2D eigenvalue weighted by Gasteiger charge is -2.09. The quantitative estimate of drug-likeness (QED) is 0.817. The molecule has 1 saturated carbocycles. The third-order valence-corrected chi connectivity index (χ3v) is 3.19. The maximum atomic E-state index is 11.8. The average Bonchev–Trinajstić information content (AvgIpc) is 2.99. The molecule has 0 aromatic heterocycles. The second-order valence-electron chi connectivity index (χ2n) is 4.62. The topological polar surface area (TPSA) is 49.3 Å². The zero-order chi connectivity index (χ0) is 11.7. The third kappa shape index (κ3) is 2.25. The van der Waals surface area contributed by atoms with Crippen LogP contribution in [-0.4, -0.2) is 11.0 Å². The van der Waals surface area contributed by atoms with E-state index in [1.165, 1.54) is 0 Å². The molecule has 2 unspecified atom stereocenters. The summed E-state index contributed by atoms with van der Waals surface area (Å²) in [5.41, 5.74) is 2.67. The van der Waals surface area contributed by atoms with E-state index in [2.05, 4.69) is 12.2 Å². The molecule has 1 aromatic carbocycles. The van der Waals surface area contributed by atoms with Crippen molar-refractivity contribution in [3.8, 4) is 0 Å². The van der Waals surface area contributed by atoms with E-state index in [-0.39, 0.29) is 18.4 Å².